The highest BCUT2D eigenvalue weighted by molar-refractivity contribution is 5.73. The zero-order chi connectivity index (χ0) is 15.5. The third-order valence-electron chi connectivity index (χ3n) is 3.49. The number of aromatic nitrogens is 1. The zero-order valence-corrected chi connectivity index (χ0v) is 12.3. The summed E-state index contributed by atoms with van der Waals surface area (Å²) in [4.78, 5) is 11.9. The summed E-state index contributed by atoms with van der Waals surface area (Å²) in [7, 11) is 0. The van der Waals surface area contributed by atoms with E-state index in [1.807, 2.05) is 31.2 Å². The van der Waals surface area contributed by atoms with Crippen LogP contribution in [0.3, 0.4) is 0 Å². The molecule has 5 nitrogen and oxygen atoms in total. The molecule has 0 spiro atoms. The van der Waals surface area contributed by atoms with Crippen LogP contribution in [0.5, 0.6) is 5.75 Å². The molecular formula is C17H17NO4. The number of nitrogens with zero attached hydrogens (tertiary/aromatic N) is 1. The first-order chi connectivity index (χ1) is 10.7. The number of hydrogen-bond donors (Lipinski definition) is 1. The molecule has 0 atom stereocenters. The average molecular weight is 299 g/mol. The molecule has 3 aromatic rings. The number of aryl methyl sites for hydroxylation is 1. The second-order valence-corrected chi connectivity index (χ2v) is 5.14. The van der Waals surface area contributed by atoms with Crippen molar-refractivity contribution in [2.24, 2.45) is 0 Å². The minimum atomic E-state index is -0.419. The van der Waals surface area contributed by atoms with Crippen molar-refractivity contribution >= 4 is 11.1 Å². The van der Waals surface area contributed by atoms with Gasteiger partial charge < -0.3 is 14.3 Å². The third kappa shape index (κ3) is 2.89. The summed E-state index contributed by atoms with van der Waals surface area (Å²) < 4.78 is 12.4. The van der Waals surface area contributed by atoms with Crippen molar-refractivity contribution in [2.45, 2.75) is 20.1 Å². The highest BCUT2D eigenvalue weighted by Crippen LogP contribution is 2.16. The second kappa shape index (κ2) is 6.07. The molecule has 0 saturated heterocycles. The molecule has 1 N–H and O–H groups in total. The van der Waals surface area contributed by atoms with Crippen LogP contribution in [0.1, 0.15) is 11.1 Å². The van der Waals surface area contributed by atoms with E-state index in [2.05, 4.69) is 0 Å². The predicted octanol–water partition coefficient (Wildman–Crippen LogP) is 2.47. The van der Waals surface area contributed by atoms with Gasteiger partial charge in [0.25, 0.3) is 0 Å². The molecule has 2 aromatic carbocycles. The van der Waals surface area contributed by atoms with E-state index in [0.29, 0.717) is 29.8 Å². The van der Waals surface area contributed by atoms with Crippen molar-refractivity contribution in [3.8, 4) is 5.75 Å². The lowest BCUT2D eigenvalue weighted by Crippen LogP contribution is -2.18. The summed E-state index contributed by atoms with van der Waals surface area (Å²) in [6.07, 6.45) is 0. The van der Waals surface area contributed by atoms with Gasteiger partial charge in [-0.2, -0.15) is 0 Å². The Hall–Kier alpha value is -2.53. The van der Waals surface area contributed by atoms with Crippen LogP contribution in [0.2, 0.25) is 0 Å². The molecule has 1 aromatic heterocycles. The van der Waals surface area contributed by atoms with Crippen LogP contribution < -0.4 is 10.5 Å². The van der Waals surface area contributed by atoms with Gasteiger partial charge >= 0.3 is 5.76 Å². The van der Waals surface area contributed by atoms with Gasteiger partial charge in [-0.3, -0.25) is 4.57 Å². The van der Waals surface area contributed by atoms with E-state index in [-0.39, 0.29) is 6.61 Å². The van der Waals surface area contributed by atoms with Crippen LogP contribution in [-0.2, 0) is 13.2 Å². The minimum absolute atomic E-state index is 0.0820. The molecule has 0 unspecified atom stereocenters. The van der Waals surface area contributed by atoms with Gasteiger partial charge in [-0.15, -0.1) is 0 Å². The lowest BCUT2D eigenvalue weighted by atomic mass is 10.2. The summed E-state index contributed by atoms with van der Waals surface area (Å²) in [5.74, 6) is 0.362. The summed E-state index contributed by atoms with van der Waals surface area (Å²) in [5.41, 5.74) is 3.02. The Morgan fingerprint density at radius 3 is 2.86 bits per heavy atom. The number of oxazole rings is 1. The number of benzene rings is 2. The Morgan fingerprint density at radius 2 is 2.09 bits per heavy atom. The fraction of sp³-hybridized carbons (Fsp3) is 0.235. The van der Waals surface area contributed by atoms with Gasteiger partial charge in [0.15, 0.2) is 5.58 Å². The van der Waals surface area contributed by atoms with Crippen molar-refractivity contribution < 1.29 is 14.3 Å². The Kier molecular flexibility index (Phi) is 3.98. The van der Waals surface area contributed by atoms with Gasteiger partial charge in [0, 0.05) is 0 Å². The number of ether oxygens (including phenoxy) is 1. The van der Waals surface area contributed by atoms with Gasteiger partial charge in [0.1, 0.15) is 12.4 Å². The molecule has 114 valence electrons. The Balaban J connectivity index is 1.76. The third-order valence-corrected chi connectivity index (χ3v) is 3.49. The van der Waals surface area contributed by atoms with Gasteiger partial charge in [-0.05, 0) is 42.3 Å². The number of aliphatic hydroxyl groups excluding tert-OH is 1. The van der Waals surface area contributed by atoms with Crippen molar-refractivity contribution in [2.75, 3.05) is 6.61 Å². The smallest absolute Gasteiger partial charge is 0.420 e. The fourth-order valence-electron chi connectivity index (χ4n) is 2.38. The van der Waals surface area contributed by atoms with Gasteiger partial charge in [0.2, 0.25) is 0 Å². The largest absolute Gasteiger partial charge is 0.492 e. The molecular weight excluding hydrogens is 282 g/mol. The first kappa shape index (κ1) is 14.4. The predicted molar refractivity (Wildman–Crippen MR) is 83.1 cm³/mol. The number of aliphatic hydroxyl groups is 1. The maximum atomic E-state index is 11.9. The average Bonchev–Trinajstić information content (AvgIpc) is 2.82. The molecule has 3 rings (SSSR count). The summed E-state index contributed by atoms with van der Waals surface area (Å²) in [6.45, 7) is 2.69. The maximum absolute atomic E-state index is 11.9. The Bertz CT molecular complexity index is 847. The molecule has 0 aliphatic carbocycles. The molecule has 0 fully saturated rings. The van der Waals surface area contributed by atoms with Crippen molar-refractivity contribution in [1.29, 1.82) is 0 Å². The summed E-state index contributed by atoms with van der Waals surface area (Å²) in [6, 6.07) is 13.0. The molecule has 0 aliphatic rings. The zero-order valence-electron chi connectivity index (χ0n) is 12.3. The van der Waals surface area contributed by atoms with Crippen LogP contribution in [0.4, 0.5) is 0 Å². The topological polar surface area (TPSA) is 64.6 Å². The molecule has 0 saturated carbocycles. The van der Waals surface area contributed by atoms with Crippen LogP contribution in [0.15, 0.2) is 51.7 Å². The Labute approximate surface area is 127 Å². The molecule has 0 aliphatic heterocycles. The second-order valence-electron chi connectivity index (χ2n) is 5.14. The Morgan fingerprint density at radius 1 is 1.23 bits per heavy atom. The van der Waals surface area contributed by atoms with Crippen LogP contribution in [-0.4, -0.2) is 16.3 Å². The van der Waals surface area contributed by atoms with E-state index in [1.165, 1.54) is 4.57 Å². The fourth-order valence-corrected chi connectivity index (χ4v) is 2.38. The number of fused-ring (bicyclic) bond motifs is 1. The van der Waals surface area contributed by atoms with Crippen LogP contribution in [0, 0.1) is 6.92 Å². The van der Waals surface area contributed by atoms with Crippen molar-refractivity contribution in [1.82, 2.24) is 4.57 Å². The van der Waals surface area contributed by atoms with E-state index in [1.54, 1.807) is 18.2 Å². The number of hydrogen-bond acceptors (Lipinski definition) is 4. The molecule has 22 heavy (non-hydrogen) atoms. The highest BCUT2D eigenvalue weighted by Gasteiger charge is 2.09. The molecule has 5 heteroatoms. The van der Waals surface area contributed by atoms with Crippen molar-refractivity contribution in [3.05, 3.63) is 64.1 Å². The van der Waals surface area contributed by atoms with E-state index in [0.717, 1.165) is 11.3 Å². The van der Waals surface area contributed by atoms with Crippen LogP contribution in [0.25, 0.3) is 11.1 Å². The van der Waals surface area contributed by atoms with Gasteiger partial charge in [0.05, 0.1) is 18.7 Å². The normalized spacial score (nSPS) is 11.0. The molecule has 0 amide bonds. The molecule has 1 heterocycles. The SMILES string of the molecule is Cc1cccc(OCCn2c(=O)oc3cc(CO)ccc32)c1. The lowest BCUT2D eigenvalue weighted by Gasteiger charge is -2.07. The maximum Gasteiger partial charge on any atom is 0.420 e. The van der Waals surface area contributed by atoms with E-state index in [9.17, 15) is 4.79 Å². The standard InChI is InChI=1S/C17H17NO4/c1-12-3-2-4-14(9-12)21-8-7-18-15-6-5-13(11-19)10-16(15)22-17(18)20/h2-6,9-10,19H,7-8,11H2,1H3. The first-order valence-corrected chi connectivity index (χ1v) is 7.10. The number of rotatable bonds is 5. The van der Waals surface area contributed by atoms with E-state index < -0.39 is 5.76 Å². The monoisotopic (exact) mass is 299 g/mol. The van der Waals surface area contributed by atoms with Crippen LogP contribution >= 0.6 is 0 Å². The molecule has 0 radical (unpaired) electrons. The van der Waals surface area contributed by atoms with Crippen molar-refractivity contribution in [3.63, 3.8) is 0 Å². The summed E-state index contributed by atoms with van der Waals surface area (Å²) >= 11 is 0. The minimum Gasteiger partial charge on any atom is -0.492 e. The van der Waals surface area contributed by atoms with Gasteiger partial charge in [-0.25, -0.2) is 4.79 Å². The lowest BCUT2D eigenvalue weighted by molar-refractivity contribution is 0.282. The quantitative estimate of drug-likeness (QED) is 0.786. The summed E-state index contributed by atoms with van der Waals surface area (Å²) in [5, 5.41) is 9.12. The van der Waals surface area contributed by atoms with E-state index >= 15 is 0 Å². The highest BCUT2D eigenvalue weighted by atomic mass is 16.5. The van der Waals surface area contributed by atoms with Gasteiger partial charge in [-0.1, -0.05) is 18.2 Å². The first-order valence-electron chi connectivity index (χ1n) is 7.10. The van der Waals surface area contributed by atoms with E-state index in [4.69, 9.17) is 14.3 Å². The molecule has 0 bridgehead atoms.